The predicted octanol–water partition coefficient (Wildman–Crippen LogP) is 4.34. The summed E-state index contributed by atoms with van der Waals surface area (Å²) in [5.74, 6) is 0.336. The lowest BCUT2D eigenvalue weighted by molar-refractivity contribution is -0.144. The van der Waals surface area contributed by atoms with Gasteiger partial charge in [0.15, 0.2) is 11.5 Å². The first-order valence-electron chi connectivity index (χ1n) is 8.59. The fourth-order valence-corrected chi connectivity index (χ4v) is 2.92. The van der Waals surface area contributed by atoms with E-state index < -0.39 is 12.0 Å². The number of fused-ring (bicyclic) bond motifs is 1. The molecule has 0 saturated carbocycles. The van der Waals surface area contributed by atoms with Crippen LogP contribution in [0.2, 0.25) is 0 Å². The molecule has 0 aliphatic carbocycles. The standard InChI is InChI=1S/C20H20F3N3O2/c1-26(11-10-13-8-9-16(27-2)17(12-13)28-3)18-14-6-4-5-7-15(14)24-19(25-18)20(21,22)23/h4-9,12H,10-11H2,1-3H3. The Bertz CT molecular complexity index is 977. The van der Waals surface area contributed by atoms with Crippen molar-refractivity contribution in [2.24, 2.45) is 0 Å². The van der Waals surface area contributed by atoms with Gasteiger partial charge in [-0.25, -0.2) is 9.97 Å². The first-order chi connectivity index (χ1) is 13.3. The fraction of sp³-hybridized carbons (Fsp3) is 0.300. The molecule has 0 N–H and O–H groups in total. The number of halogens is 3. The quantitative estimate of drug-likeness (QED) is 0.625. The molecule has 1 heterocycles. The van der Waals surface area contributed by atoms with E-state index in [4.69, 9.17) is 9.47 Å². The molecule has 28 heavy (non-hydrogen) atoms. The summed E-state index contributed by atoms with van der Waals surface area (Å²) in [6, 6.07) is 12.2. The first-order valence-corrected chi connectivity index (χ1v) is 8.59. The average molecular weight is 391 g/mol. The van der Waals surface area contributed by atoms with Crippen LogP contribution in [0.5, 0.6) is 11.5 Å². The SMILES string of the molecule is COc1ccc(CCN(C)c2nc(C(F)(F)F)nc3ccccc23)cc1OC. The smallest absolute Gasteiger partial charge is 0.451 e. The Morgan fingerprint density at radius 2 is 1.68 bits per heavy atom. The van der Waals surface area contributed by atoms with Crippen LogP contribution in [0, 0.1) is 0 Å². The molecule has 8 heteroatoms. The summed E-state index contributed by atoms with van der Waals surface area (Å²) in [5, 5.41) is 0.574. The van der Waals surface area contributed by atoms with Crippen molar-refractivity contribution in [3.63, 3.8) is 0 Å². The van der Waals surface area contributed by atoms with Gasteiger partial charge in [0.2, 0.25) is 5.82 Å². The molecule has 3 aromatic rings. The summed E-state index contributed by atoms with van der Waals surface area (Å²) < 4.78 is 50.1. The van der Waals surface area contributed by atoms with Gasteiger partial charge in [-0.05, 0) is 36.2 Å². The van der Waals surface area contributed by atoms with E-state index in [0.717, 1.165) is 5.56 Å². The minimum absolute atomic E-state index is 0.249. The van der Waals surface area contributed by atoms with Gasteiger partial charge in [0.1, 0.15) is 5.82 Å². The number of methoxy groups -OCH3 is 2. The van der Waals surface area contributed by atoms with Gasteiger partial charge < -0.3 is 14.4 Å². The summed E-state index contributed by atoms with van der Waals surface area (Å²) in [7, 11) is 4.83. The van der Waals surface area contributed by atoms with Crippen molar-refractivity contribution in [3.05, 3.63) is 53.9 Å². The molecule has 3 rings (SSSR count). The number of hydrogen-bond donors (Lipinski definition) is 0. The molecule has 0 unspecified atom stereocenters. The lowest BCUT2D eigenvalue weighted by Gasteiger charge is -2.21. The predicted molar refractivity (Wildman–Crippen MR) is 101 cm³/mol. The molecule has 0 atom stereocenters. The van der Waals surface area contributed by atoms with Crippen LogP contribution < -0.4 is 14.4 Å². The number of nitrogens with zero attached hydrogens (tertiary/aromatic N) is 3. The summed E-state index contributed by atoms with van der Waals surface area (Å²) in [5.41, 5.74) is 1.23. The summed E-state index contributed by atoms with van der Waals surface area (Å²) >= 11 is 0. The normalized spacial score (nSPS) is 11.5. The number of alkyl halides is 3. The van der Waals surface area contributed by atoms with Gasteiger partial charge in [0.05, 0.1) is 19.7 Å². The lowest BCUT2D eigenvalue weighted by atomic mass is 10.1. The molecule has 0 bridgehead atoms. The second kappa shape index (κ2) is 7.92. The second-order valence-electron chi connectivity index (χ2n) is 6.25. The molecule has 0 aliphatic rings. The third-order valence-electron chi connectivity index (χ3n) is 4.38. The topological polar surface area (TPSA) is 47.5 Å². The van der Waals surface area contributed by atoms with Crippen molar-refractivity contribution >= 4 is 16.7 Å². The van der Waals surface area contributed by atoms with E-state index >= 15 is 0 Å². The maximum absolute atomic E-state index is 13.2. The Morgan fingerprint density at radius 1 is 0.964 bits per heavy atom. The van der Waals surface area contributed by atoms with Gasteiger partial charge in [0, 0.05) is 19.0 Å². The van der Waals surface area contributed by atoms with Crippen molar-refractivity contribution in [2.45, 2.75) is 12.6 Å². The highest BCUT2D eigenvalue weighted by Crippen LogP contribution is 2.32. The molecule has 5 nitrogen and oxygen atoms in total. The lowest BCUT2D eigenvalue weighted by Crippen LogP contribution is -2.24. The summed E-state index contributed by atoms with van der Waals surface area (Å²) in [4.78, 5) is 9.15. The van der Waals surface area contributed by atoms with E-state index in [1.54, 1.807) is 56.5 Å². The number of anilines is 1. The maximum atomic E-state index is 13.2. The van der Waals surface area contributed by atoms with Crippen LogP contribution >= 0.6 is 0 Å². The molecule has 0 radical (unpaired) electrons. The molecule has 148 valence electrons. The first kappa shape index (κ1) is 19.7. The van der Waals surface area contributed by atoms with E-state index in [0.29, 0.717) is 29.9 Å². The Hall–Kier alpha value is -3.03. The van der Waals surface area contributed by atoms with Crippen LogP contribution in [0.1, 0.15) is 11.4 Å². The van der Waals surface area contributed by atoms with Crippen molar-refractivity contribution in [2.75, 3.05) is 32.7 Å². The van der Waals surface area contributed by atoms with Crippen LogP contribution in [0.25, 0.3) is 10.9 Å². The molecule has 2 aromatic carbocycles. The fourth-order valence-electron chi connectivity index (χ4n) is 2.92. The molecule has 0 fully saturated rings. The van der Waals surface area contributed by atoms with E-state index in [1.165, 1.54) is 0 Å². The van der Waals surface area contributed by atoms with Crippen molar-refractivity contribution < 1.29 is 22.6 Å². The summed E-state index contributed by atoms with van der Waals surface area (Å²) in [6.45, 7) is 0.466. The minimum atomic E-state index is -4.61. The highest BCUT2D eigenvalue weighted by Gasteiger charge is 2.35. The molecule has 1 aromatic heterocycles. The Labute approximate surface area is 160 Å². The van der Waals surface area contributed by atoms with Crippen molar-refractivity contribution in [3.8, 4) is 11.5 Å². The maximum Gasteiger partial charge on any atom is 0.451 e. The molecular formula is C20H20F3N3O2. The molecule has 0 amide bonds. The average Bonchev–Trinajstić information content (AvgIpc) is 2.70. The van der Waals surface area contributed by atoms with Crippen molar-refractivity contribution in [1.29, 1.82) is 0 Å². The Kier molecular flexibility index (Phi) is 5.58. The molecule has 0 spiro atoms. The number of para-hydroxylation sites is 1. The van der Waals surface area contributed by atoms with E-state index in [2.05, 4.69) is 9.97 Å². The van der Waals surface area contributed by atoms with Gasteiger partial charge in [0.25, 0.3) is 0 Å². The van der Waals surface area contributed by atoms with Crippen LogP contribution in [-0.2, 0) is 12.6 Å². The number of hydrogen-bond acceptors (Lipinski definition) is 5. The zero-order valence-corrected chi connectivity index (χ0v) is 15.7. The van der Waals surface area contributed by atoms with Crippen LogP contribution in [-0.4, -0.2) is 37.8 Å². The van der Waals surface area contributed by atoms with Gasteiger partial charge in [-0.15, -0.1) is 0 Å². The zero-order valence-electron chi connectivity index (χ0n) is 15.7. The molecule has 0 saturated heterocycles. The van der Waals surface area contributed by atoms with Gasteiger partial charge in [-0.3, -0.25) is 0 Å². The second-order valence-corrected chi connectivity index (χ2v) is 6.25. The Balaban J connectivity index is 1.88. The van der Waals surface area contributed by atoms with Gasteiger partial charge in [-0.1, -0.05) is 18.2 Å². The zero-order chi connectivity index (χ0) is 20.3. The monoisotopic (exact) mass is 391 g/mol. The minimum Gasteiger partial charge on any atom is -0.493 e. The molecular weight excluding hydrogens is 371 g/mol. The highest BCUT2D eigenvalue weighted by atomic mass is 19.4. The van der Waals surface area contributed by atoms with Gasteiger partial charge >= 0.3 is 6.18 Å². The third kappa shape index (κ3) is 4.11. The molecule has 0 aliphatic heterocycles. The number of likely N-dealkylation sites (N-methyl/N-ethyl adjacent to an activating group) is 1. The van der Waals surface area contributed by atoms with E-state index in [1.807, 2.05) is 12.1 Å². The van der Waals surface area contributed by atoms with E-state index in [9.17, 15) is 13.2 Å². The van der Waals surface area contributed by atoms with E-state index in [-0.39, 0.29) is 11.3 Å². The van der Waals surface area contributed by atoms with Crippen LogP contribution in [0.3, 0.4) is 0 Å². The number of aromatic nitrogens is 2. The third-order valence-corrected chi connectivity index (χ3v) is 4.38. The van der Waals surface area contributed by atoms with Crippen LogP contribution in [0.4, 0.5) is 19.0 Å². The highest BCUT2D eigenvalue weighted by molar-refractivity contribution is 5.89. The number of benzene rings is 2. The summed E-state index contributed by atoms with van der Waals surface area (Å²) in [6.07, 6.45) is -4.01. The van der Waals surface area contributed by atoms with Gasteiger partial charge in [-0.2, -0.15) is 13.2 Å². The number of ether oxygens (including phenoxy) is 2. The largest absolute Gasteiger partial charge is 0.493 e. The van der Waals surface area contributed by atoms with Crippen molar-refractivity contribution in [1.82, 2.24) is 9.97 Å². The number of rotatable bonds is 6. The Morgan fingerprint density at radius 3 is 2.36 bits per heavy atom. The van der Waals surface area contributed by atoms with Crippen LogP contribution in [0.15, 0.2) is 42.5 Å².